The Labute approximate surface area is 144 Å². The van der Waals surface area contributed by atoms with Crippen LogP contribution in [0.3, 0.4) is 0 Å². The maximum absolute atomic E-state index is 12.6. The minimum Gasteiger partial charge on any atom is -0.496 e. The number of anilines is 1. The van der Waals surface area contributed by atoms with E-state index in [1.54, 1.807) is 42.5 Å². The first-order chi connectivity index (χ1) is 12.1. The van der Waals surface area contributed by atoms with Crippen molar-refractivity contribution in [2.45, 2.75) is 0 Å². The number of allylic oxidation sites excluding steroid dienone is 1. The molecular formula is C19H14N2O4. The Morgan fingerprint density at radius 1 is 1.32 bits per heavy atom. The number of fused-ring (bicyclic) bond motifs is 1. The summed E-state index contributed by atoms with van der Waals surface area (Å²) in [6.07, 6.45) is 1.47. The van der Waals surface area contributed by atoms with Crippen molar-refractivity contribution < 1.29 is 19.1 Å². The lowest BCUT2D eigenvalue weighted by Crippen LogP contribution is -2.25. The number of nitrogens with zero attached hydrogens (tertiary/aromatic N) is 1. The second-order valence-corrected chi connectivity index (χ2v) is 5.29. The second-order valence-electron chi connectivity index (χ2n) is 5.29. The molecule has 124 valence electrons. The van der Waals surface area contributed by atoms with E-state index in [0.29, 0.717) is 28.3 Å². The summed E-state index contributed by atoms with van der Waals surface area (Å²) in [5.41, 5.74) is 1.39. The second kappa shape index (κ2) is 6.89. The molecule has 1 heterocycles. The normalized spacial score (nSPS) is 13.1. The van der Waals surface area contributed by atoms with E-state index < -0.39 is 5.78 Å². The number of hydrogen-bond donors (Lipinski definition) is 1. The van der Waals surface area contributed by atoms with Crippen LogP contribution in [0.15, 0.2) is 48.0 Å². The van der Waals surface area contributed by atoms with Gasteiger partial charge in [-0.2, -0.15) is 5.26 Å². The van der Waals surface area contributed by atoms with Gasteiger partial charge in [-0.3, -0.25) is 9.59 Å². The van der Waals surface area contributed by atoms with Gasteiger partial charge in [0.25, 0.3) is 5.91 Å². The molecule has 25 heavy (non-hydrogen) atoms. The molecule has 3 rings (SSSR count). The highest BCUT2D eigenvalue weighted by molar-refractivity contribution is 6.15. The summed E-state index contributed by atoms with van der Waals surface area (Å²) in [6.45, 7) is -0.0298. The van der Waals surface area contributed by atoms with Crippen LogP contribution in [0.4, 0.5) is 5.69 Å². The van der Waals surface area contributed by atoms with E-state index in [-0.39, 0.29) is 18.1 Å². The molecule has 0 radical (unpaired) electrons. The van der Waals surface area contributed by atoms with Crippen molar-refractivity contribution in [3.63, 3.8) is 0 Å². The minimum atomic E-state index is -0.432. The number of hydrogen-bond acceptors (Lipinski definition) is 5. The third kappa shape index (κ3) is 3.35. The summed E-state index contributed by atoms with van der Waals surface area (Å²) in [6, 6.07) is 13.7. The lowest BCUT2D eigenvalue weighted by atomic mass is 10.0. The van der Waals surface area contributed by atoms with E-state index in [4.69, 9.17) is 9.47 Å². The summed E-state index contributed by atoms with van der Waals surface area (Å²) < 4.78 is 10.5. The molecule has 0 saturated carbocycles. The third-order valence-corrected chi connectivity index (χ3v) is 3.66. The number of Topliss-reactive ketones (excluding diaryl/α,β-unsaturated/α-hetero) is 1. The van der Waals surface area contributed by atoms with E-state index in [0.717, 1.165) is 0 Å². The number of methoxy groups -OCH3 is 1. The SMILES string of the molecule is COc1ccccc1C(=O)C(C#N)=Cc1ccc2c(c1)NC(=O)CO2. The summed E-state index contributed by atoms with van der Waals surface area (Å²) in [7, 11) is 1.47. The first kappa shape index (κ1) is 16.3. The highest BCUT2D eigenvalue weighted by atomic mass is 16.5. The number of nitrogens with one attached hydrogen (secondary N) is 1. The first-order valence-electron chi connectivity index (χ1n) is 7.48. The highest BCUT2D eigenvalue weighted by Gasteiger charge is 2.18. The Morgan fingerprint density at radius 2 is 2.12 bits per heavy atom. The number of para-hydroxylation sites is 1. The van der Waals surface area contributed by atoms with Gasteiger partial charge in [-0.1, -0.05) is 18.2 Å². The van der Waals surface area contributed by atoms with Crippen molar-refractivity contribution in [1.82, 2.24) is 0 Å². The van der Waals surface area contributed by atoms with Gasteiger partial charge in [-0.15, -0.1) is 0 Å². The molecule has 0 spiro atoms. The molecule has 2 aromatic carbocycles. The van der Waals surface area contributed by atoms with E-state index in [1.165, 1.54) is 13.2 Å². The van der Waals surface area contributed by atoms with Crippen LogP contribution in [0.1, 0.15) is 15.9 Å². The fraction of sp³-hybridized carbons (Fsp3) is 0.105. The molecule has 0 aromatic heterocycles. The summed E-state index contributed by atoms with van der Waals surface area (Å²) in [5, 5.41) is 12.1. The van der Waals surface area contributed by atoms with Crippen LogP contribution >= 0.6 is 0 Å². The van der Waals surface area contributed by atoms with E-state index in [9.17, 15) is 14.9 Å². The van der Waals surface area contributed by atoms with Gasteiger partial charge in [-0.25, -0.2) is 0 Å². The molecular weight excluding hydrogens is 320 g/mol. The number of rotatable bonds is 4. The summed E-state index contributed by atoms with van der Waals surface area (Å²) in [5.74, 6) is 0.267. The zero-order chi connectivity index (χ0) is 17.8. The van der Waals surface area contributed by atoms with Gasteiger partial charge in [0.05, 0.1) is 18.4 Å². The highest BCUT2D eigenvalue weighted by Crippen LogP contribution is 2.29. The van der Waals surface area contributed by atoms with Crippen molar-refractivity contribution in [1.29, 1.82) is 5.26 Å². The maximum Gasteiger partial charge on any atom is 0.262 e. The maximum atomic E-state index is 12.6. The van der Waals surface area contributed by atoms with Gasteiger partial charge in [0.2, 0.25) is 5.78 Å². The average Bonchev–Trinajstić information content (AvgIpc) is 2.65. The molecule has 0 fully saturated rings. The van der Waals surface area contributed by atoms with Gasteiger partial charge in [0.15, 0.2) is 6.61 Å². The lowest BCUT2D eigenvalue weighted by molar-refractivity contribution is -0.118. The number of nitriles is 1. The number of carbonyl (C=O) groups is 2. The Morgan fingerprint density at radius 3 is 2.88 bits per heavy atom. The van der Waals surface area contributed by atoms with Crippen LogP contribution in [0, 0.1) is 11.3 Å². The minimum absolute atomic E-state index is 0.0298. The molecule has 1 N–H and O–H groups in total. The van der Waals surface area contributed by atoms with Crippen LogP contribution in [0.2, 0.25) is 0 Å². The molecule has 0 unspecified atom stereocenters. The number of amides is 1. The molecule has 0 atom stereocenters. The topological polar surface area (TPSA) is 88.4 Å². The van der Waals surface area contributed by atoms with E-state index in [2.05, 4.69) is 5.32 Å². The van der Waals surface area contributed by atoms with E-state index >= 15 is 0 Å². The summed E-state index contributed by atoms with van der Waals surface area (Å²) >= 11 is 0. The molecule has 1 aliphatic rings. The van der Waals surface area contributed by atoms with Crippen LogP contribution in [-0.2, 0) is 4.79 Å². The molecule has 6 nitrogen and oxygen atoms in total. The largest absolute Gasteiger partial charge is 0.496 e. The van der Waals surface area contributed by atoms with Gasteiger partial charge < -0.3 is 14.8 Å². The molecule has 1 aliphatic heterocycles. The Bertz CT molecular complexity index is 925. The predicted octanol–water partition coefficient (Wildman–Crippen LogP) is 2.82. The van der Waals surface area contributed by atoms with Crippen LogP contribution in [0.25, 0.3) is 6.08 Å². The van der Waals surface area contributed by atoms with Crippen LogP contribution in [-0.4, -0.2) is 25.4 Å². The Hall–Kier alpha value is -3.59. The quantitative estimate of drug-likeness (QED) is 0.528. The lowest BCUT2D eigenvalue weighted by Gasteiger charge is -2.18. The average molecular weight is 334 g/mol. The first-order valence-corrected chi connectivity index (χ1v) is 7.48. The van der Waals surface area contributed by atoms with Crippen LogP contribution in [0.5, 0.6) is 11.5 Å². The molecule has 6 heteroatoms. The zero-order valence-electron chi connectivity index (χ0n) is 13.4. The summed E-state index contributed by atoms with van der Waals surface area (Å²) in [4.78, 5) is 24.0. The van der Waals surface area contributed by atoms with Crippen molar-refractivity contribution >= 4 is 23.5 Å². The monoisotopic (exact) mass is 334 g/mol. The zero-order valence-corrected chi connectivity index (χ0v) is 13.4. The number of ketones is 1. The third-order valence-electron chi connectivity index (χ3n) is 3.66. The Balaban J connectivity index is 1.96. The van der Waals surface area contributed by atoms with Gasteiger partial charge in [0.1, 0.15) is 23.1 Å². The van der Waals surface area contributed by atoms with Crippen molar-refractivity contribution in [2.24, 2.45) is 0 Å². The fourth-order valence-electron chi connectivity index (χ4n) is 2.48. The van der Waals surface area contributed by atoms with E-state index in [1.807, 2.05) is 6.07 Å². The smallest absolute Gasteiger partial charge is 0.262 e. The van der Waals surface area contributed by atoms with Crippen molar-refractivity contribution in [3.05, 3.63) is 59.2 Å². The number of benzene rings is 2. The molecule has 0 bridgehead atoms. The standard InChI is InChI=1S/C19H14N2O4/c1-24-16-5-3-2-4-14(16)19(23)13(10-20)8-12-6-7-17-15(9-12)21-18(22)11-25-17/h2-9H,11H2,1H3,(H,21,22). The number of ether oxygens (including phenoxy) is 2. The predicted molar refractivity (Wildman–Crippen MR) is 91.5 cm³/mol. The van der Waals surface area contributed by atoms with Gasteiger partial charge in [0, 0.05) is 0 Å². The Kier molecular flexibility index (Phi) is 4.48. The van der Waals surface area contributed by atoms with Crippen LogP contribution < -0.4 is 14.8 Å². The molecule has 0 saturated heterocycles. The van der Waals surface area contributed by atoms with Crippen molar-refractivity contribution in [2.75, 3.05) is 19.0 Å². The van der Waals surface area contributed by atoms with Crippen molar-refractivity contribution in [3.8, 4) is 17.6 Å². The fourth-order valence-corrected chi connectivity index (χ4v) is 2.48. The molecule has 2 aromatic rings. The van der Waals surface area contributed by atoms with Gasteiger partial charge >= 0.3 is 0 Å². The van der Waals surface area contributed by atoms with Gasteiger partial charge in [-0.05, 0) is 35.9 Å². The molecule has 1 amide bonds. The number of carbonyl (C=O) groups excluding carboxylic acids is 2. The molecule has 0 aliphatic carbocycles.